The number of primary amides is 2. The molecule has 25 N–H and O–H groups in total. The van der Waals surface area contributed by atoms with E-state index in [0.29, 0.717) is 66.1 Å². The SMILES string of the molecule is CC(=O)N[C@@H](CC(C)C)C(=O)N[C@H](C(=O)N[C@@H](Cc1ccccc1)C(=O)N[C@]1(C)CCCCCCC=CCCC[C@@](C)(C(=O)CN[C@@H](C)C(=O)CCN[C@@H](C)C(=O)CCN[C@@H](C)C(=O)CCN[C@@H](C)C(=O)CN[C@H](C)C(=O)N[C@H](C)C(N)=O)NC(=O)[C@H](CC(C)C)NN[C@@H](CCC(N)=O)C(=O)CC(=O)[C@H](C)NCC(=O)[C@H](Cc2c[nH]c3ccccc23)NC(=O)[C@H](Cc2ccc(O)cc2)NN[C@@H](CCC(=O)O)C(=O)C1=O)[C@@H](C)O. The number of aliphatic carboxylic acids is 1. The Labute approximate surface area is 865 Å². The van der Waals surface area contributed by atoms with Crippen LogP contribution in [0.5, 0.6) is 5.75 Å². The number of hydrazine groups is 2. The van der Waals surface area contributed by atoms with E-state index in [4.69, 9.17) is 11.5 Å². The number of Topliss-reactive ketones (excluding diaryl/α,β-unsaturated/α-hetero) is 10. The van der Waals surface area contributed by atoms with Crippen LogP contribution >= 0.6 is 0 Å². The van der Waals surface area contributed by atoms with E-state index in [1.54, 1.807) is 109 Å². The summed E-state index contributed by atoms with van der Waals surface area (Å²) in [5, 5.41) is 69.0. The Morgan fingerprint density at radius 3 is 1.65 bits per heavy atom. The highest BCUT2D eigenvalue weighted by molar-refractivity contribution is 6.42. The molecule has 0 saturated heterocycles. The molecule has 0 unspecified atom stereocenters. The molecule has 1 aliphatic heterocycles. The Balaban J connectivity index is 1.47. The molecule has 2 heterocycles. The fraction of sp³-hybridized carbons (Fsp3) is 0.600. The molecule has 0 aliphatic carbocycles. The molecule has 0 fully saturated rings. The van der Waals surface area contributed by atoms with Gasteiger partial charge in [-0.2, -0.15) is 0 Å². The summed E-state index contributed by atoms with van der Waals surface area (Å²) < 4.78 is 0. The van der Waals surface area contributed by atoms with Crippen molar-refractivity contribution < 1.29 is 111 Å². The summed E-state index contributed by atoms with van der Waals surface area (Å²) in [5.74, 6) is -15.1. The number of aliphatic hydroxyl groups excluding tert-OH is 1. The number of H-pyrrole nitrogens is 1. The van der Waals surface area contributed by atoms with Crippen LogP contribution < -0.4 is 102 Å². The van der Waals surface area contributed by atoms with Crippen molar-refractivity contribution in [1.82, 2.24) is 95.8 Å². The van der Waals surface area contributed by atoms with Gasteiger partial charge < -0.3 is 95.6 Å². The Morgan fingerprint density at radius 2 is 1.06 bits per heavy atom. The molecule has 43 nitrogen and oxygen atoms in total. The van der Waals surface area contributed by atoms with E-state index < -0.39 is 234 Å². The molecule has 1 aliphatic rings. The highest BCUT2D eigenvalue weighted by Gasteiger charge is 2.45. The largest absolute Gasteiger partial charge is 0.508 e. The minimum atomic E-state index is -2.19. The predicted octanol–water partition coefficient (Wildman–Crippen LogP) is 1.07. The number of para-hydroxylation sites is 1. The number of ketones is 10. The van der Waals surface area contributed by atoms with Gasteiger partial charge in [0.1, 0.15) is 47.5 Å². The first-order chi connectivity index (χ1) is 69.8. The van der Waals surface area contributed by atoms with Crippen molar-refractivity contribution in [3.8, 4) is 5.75 Å². The van der Waals surface area contributed by atoms with E-state index in [9.17, 15) is 87.2 Å². The summed E-state index contributed by atoms with van der Waals surface area (Å²) >= 11 is 0. The lowest BCUT2D eigenvalue weighted by atomic mass is 9.84. The van der Waals surface area contributed by atoms with Gasteiger partial charge >= 0.3 is 5.97 Å². The topological polar surface area (TPSA) is 674 Å². The molecule has 9 amide bonds. The second kappa shape index (κ2) is 64.2. The molecule has 5 rings (SSSR count). The van der Waals surface area contributed by atoms with Crippen LogP contribution in [0.3, 0.4) is 0 Å². The molecule has 0 radical (unpaired) electrons. The minimum absolute atomic E-state index is 0.0344. The first-order valence-electron chi connectivity index (χ1n) is 51.2. The molecule has 818 valence electrons. The fourth-order valence-electron chi connectivity index (χ4n) is 16.5. The van der Waals surface area contributed by atoms with Gasteiger partial charge in [-0.05, 0) is 187 Å². The second-order valence-electron chi connectivity index (χ2n) is 39.9. The highest BCUT2D eigenvalue weighted by Crippen LogP contribution is 2.26. The fourth-order valence-corrected chi connectivity index (χ4v) is 16.5. The molecule has 43 heteroatoms. The maximum atomic E-state index is 15.7. The van der Waals surface area contributed by atoms with Gasteiger partial charge in [0.25, 0.3) is 0 Å². The lowest BCUT2D eigenvalue weighted by molar-refractivity contribution is -0.144. The van der Waals surface area contributed by atoms with Gasteiger partial charge in [-0.15, -0.1) is 0 Å². The summed E-state index contributed by atoms with van der Waals surface area (Å²) in [6, 6.07) is 3.46. The summed E-state index contributed by atoms with van der Waals surface area (Å²) in [4.78, 5) is 281. The normalized spacial score (nSPS) is 21.5. The number of hydrogen-bond donors (Lipinski definition) is 23. The number of amides is 9. The zero-order chi connectivity index (χ0) is 110. The lowest BCUT2D eigenvalue weighted by Crippen LogP contribution is -2.64. The number of phenols is 1. The van der Waals surface area contributed by atoms with Gasteiger partial charge in [0.15, 0.2) is 46.3 Å². The number of carboxylic acids is 1. The van der Waals surface area contributed by atoms with Crippen molar-refractivity contribution >= 4 is 128 Å². The third-order valence-corrected chi connectivity index (χ3v) is 26.1. The lowest BCUT2D eigenvalue weighted by Gasteiger charge is -2.33. The molecule has 0 saturated carbocycles. The van der Waals surface area contributed by atoms with Crippen molar-refractivity contribution in [3.63, 3.8) is 0 Å². The van der Waals surface area contributed by atoms with E-state index in [-0.39, 0.29) is 150 Å². The van der Waals surface area contributed by atoms with Crippen LogP contribution in [-0.2, 0) is 115 Å². The minimum Gasteiger partial charge on any atom is -0.508 e. The zero-order valence-corrected chi connectivity index (χ0v) is 88.1. The van der Waals surface area contributed by atoms with Crippen LogP contribution in [0.2, 0.25) is 0 Å². The van der Waals surface area contributed by atoms with Crippen molar-refractivity contribution in [3.05, 3.63) is 114 Å². The van der Waals surface area contributed by atoms with Crippen molar-refractivity contribution in [2.24, 2.45) is 23.3 Å². The average molecular weight is 2070 g/mol. The van der Waals surface area contributed by atoms with Gasteiger partial charge in [0.2, 0.25) is 64.7 Å². The van der Waals surface area contributed by atoms with Crippen molar-refractivity contribution in [2.75, 3.05) is 39.3 Å². The zero-order valence-electron chi connectivity index (χ0n) is 88.1. The van der Waals surface area contributed by atoms with E-state index in [0.717, 1.165) is 0 Å². The van der Waals surface area contributed by atoms with Gasteiger partial charge in [-0.1, -0.05) is 120 Å². The molecular weight excluding hydrogens is 1910 g/mol. The first-order valence-corrected chi connectivity index (χ1v) is 51.2. The summed E-state index contributed by atoms with van der Waals surface area (Å²) in [7, 11) is 0. The summed E-state index contributed by atoms with van der Waals surface area (Å²) in [5.41, 5.74) is 20.6. The van der Waals surface area contributed by atoms with Gasteiger partial charge in [-0.25, -0.2) is 21.7 Å². The molecule has 0 bridgehead atoms. The standard InChI is InChI=1S/C105H160N20O23/c1-60(2)50-80(116-70(13)127)99(144)119-94(69(12)126)103(148)118-81(52-71-30-24-23-25-31-71)101(146)121-105(15)46-29-22-20-18-16-17-19-21-28-45-104(14,91(136)59-113-64(7)86(131)44-48-109-62(5)84(129)42-47-108-63(6)85(130)43-49-110-66(9)89(134)57-112-68(11)98(143)115-67(10)97(107)142)120-102(147)82(51-61(3)4)124-122-77(38-40-92(106)137)88(133)55-87(132)65(8)111-58-90(135)79(54-73-56-114-76-33-27-26-32-75(73)76)117-100(145)83(53-72-34-36-74(128)37-35-72)125-123-78(39-41-93(138)139)95(140)96(105)141/h17,19,23-27,30-37,56,60-69,77-83,94,108-114,122-126,128H,16,18,20-22,28-29,38-55,57-59H2,1-15H3,(H2,106,137)(H2,107,142)(H,115,143)(H,116,127)(H,117,145)(H,118,148)(H,119,144)(H,120,147)(H,121,146)(H,138,139)/t62-,63-,64-,65-,66-,67+,68+,69+,77-,78-,79-,80-,81-,82-,83-,94-,104-,105+/m0/s1. The van der Waals surface area contributed by atoms with Crippen LogP contribution in [-0.4, -0.2) is 284 Å². The quantitative estimate of drug-likeness (QED) is 0.0167. The smallest absolute Gasteiger partial charge is 0.303 e. The monoisotopic (exact) mass is 2070 g/mol. The Hall–Kier alpha value is -12.3. The van der Waals surface area contributed by atoms with E-state index in [1.165, 1.54) is 65.8 Å². The number of nitrogens with two attached hydrogens (primary N) is 2. The molecule has 3 aromatic carbocycles. The number of phenolic OH excluding ortho intramolecular Hbond substituents is 1. The van der Waals surface area contributed by atoms with Gasteiger partial charge in [0, 0.05) is 88.6 Å². The number of nitrogens with one attached hydrogen (secondary N) is 18. The number of carboxylic acid groups (broad SMARTS) is 1. The number of aromatic hydroxyl groups is 1. The van der Waals surface area contributed by atoms with Crippen LogP contribution in [0.4, 0.5) is 0 Å². The van der Waals surface area contributed by atoms with Crippen LogP contribution in [0.1, 0.15) is 243 Å². The number of benzene rings is 3. The second-order valence-corrected chi connectivity index (χ2v) is 39.9. The summed E-state index contributed by atoms with van der Waals surface area (Å²) in [6.45, 7) is 22.6. The number of fused-ring (bicyclic) bond motifs is 1. The van der Waals surface area contributed by atoms with Gasteiger partial charge in [-0.3, -0.25) is 101 Å². The Morgan fingerprint density at radius 1 is 0.500 bits per heavy atom. The van der Waals surface area contributed by atoms with E-state index in [1.807, 2.05) is 26.0 Å². The number of aliphatic hydroxyl groups is 1. The molecular formula is C105H160N20O23. The first kappa shape index (κ1) is 126. The van der Waals surface area contributed by atoms with Crippen molar-refractivity contribution in [2.45, 2.75) is 353 Å². The number of aromatic nitrogens is 1. The maximum absolute atomic E-state index is 15.7. The predicted molar refractivity (Wildman–Crippen MR) is 555 cm³/mol. The van der Waals surface area contributed by atoms with E-state index >= 15 is 24.0 Å². The Kier molecular flexibility index (Phi) is 54.7. The molecule has 1 aromatic heterocycles. The molecule has 0 spiro atoms. The number of allylic oxidation sites excluding steroid dienone is 2. The van der Waals surface area contributed by atoms with Crippen molar-refractivity contribution in [1.29, 1.82) is 0 Å². The van der Waals surface area contributed by atoms with E-state index in [2.05, 4.69) is 95.8 Å². The van der Waals surface area contributed by atoms with Crippen LogP contribution in [0, 0.1) is 11.8 Å². The average Bonchev–Trinajstić information content (AvgIpc) is 1.29. The van der Waals surface area contributed by atoms with Crippen LogP contribution in [0.15, 0.2) is 97.2 Å². The maximum Gasteiger partial charge on any atom is 0.303 e. The third-order valence-electron chi connectivity index (χ3n) is 26.1. The Bertz CT molecular complexity index is 5170. The third kappa shape index (κ3) is 45.0. The van der Waals surface area contributed by atoms with Gasteiger partial charge in [0.05, 0.1) is 92.1 Å². The number of aromatic amines is 1. The van der Waals surface area contributed by atoms with Crippen LogP contribution in [0.25, 0.3) is 10.9 Å². The number of hydrogen-bond acceptors (Lipinski definition) is 32. The number of carbonyl (C=O) groups excluding carboxylic acids is 19. The molecule has 18 atom stereocenters. The molecule has 4 aromatic rings. The number of rotatable bonds is 50. The number of carbonyl (C=O) groups is 20. The highest BCUT2D eigenvalue weighted by atomic mass is 16.4. The molecule has 148 heavy (non-hydrogen) atoms. The summed E-state index contributed by atoms with van der Waals surface area (Å²) in [6.07, 6.45) is 3.21.